The molecule has 0 bridgehead atoms. The Labute approximate surface area is 121 Å². The molecule has 0 heterocycles. The van der Waals surface area contributed by atoms with Gasteiger partial charge in [-0.3, -0.25) is 4.79 Å². The summed E-state index contributed by atoms with van der Waals surface area (Å²) >= 11 is 3.08. The molecular weight excluding hydrogens is 365 g/mol. The molecule has 0 unspecified atom stereocenters. The number of hydrogen-bond donors (Lipinski definition) is 2. The summed E-state index contributed by atoms with van der Waals surface area (Å²) in [5, 5.41) is 1.49. The van der Waals surface area contributed by atoms with E-state index in [1.54, 1.807) is 0 Å². The third-order valence-corrected chi connectivity index (χ3v) is 4.29. The molecule has 0 saturated carbocycles. The number of nitrogens with two attached hydrogens (primary N) is 1. The number of benzene rings is 1. The van der Waals surface area contributed by atoms with Gasteiger partial charge in [-0.1, -0.05) is 15.9 Å². The first-order valence-electron chi connectivity index (χ1n) is 5.12. The molecule has 0 saturated heterocycles. The molecule has 0 radical (unpaired) electrons. The summed E-state index contributed by atoms with van der Waals surface area (Å²) in [6.07, 6.45) is -4.60. The lowest BCUT2D eigenvalue weighted by molar-refractivity contribution is -0.137. The van der Waals surface area contributed by atoms with E-state index in [1.165, 1.54) is 23.5 Å². The molecule has 112 valence electrons. The molecule has 0 aliphatic heterocycles. The normalized spacial score (nSPS) is 12.2. The zero-order valence-corrected chi connectivity index (χ0v) is 12.3. The fourth-order valence-electron chi connectivity index (χ4n) is 1.30. The summed E-state index contributed by atoms with van der Waals surface area (Å²) in [5.74, 6) is -2.35. The van der Waals surface area contributed by atoms with Crippen molar-refractivity contribution in [2.75, 3.05) is 18.0 Å². The van der Waals surface area contributed by atoms with Crippen LogP contribution in [0, 0.1) is 0 Å². The fraction of sp³-hybridized carbons (Fsp3) is 0.300. The van der Waals surface area contributed by atoms with Gasteiger partial charge in [0.25, 0.3) is 0 Å². The maximum absolute atomic E-state index is 11.9. The van der Waals surface area contributed by atoms with Crippen LogP contribution >= 0.6 is 15.9 Å². The Morgan fingerprint density at radius 2 is 1.95 bits per heavy atom. The van der Waals surface area contributed by atoms with Crippen molar-refractivity contribution in [2.45, 2.75) is 11.1 Å². The zero-order chi connectivity index (χ0) is 15.6. The Morgan fingerprint density at radius 3 is 2.45 bits per heavy atom. The van der Waals surface area contributed by atoms with Gasteiger partial charge in [-0.05, 0) is 18.2 Å². The minimum Gasteiger partial charge on any atom is -0.398 e. The van der Waals surface area contributed by atoms with Gasteiger partial charge < -0.3 is 11.1 Å². The van der Waals surface area contributed by atoms with Crippen molar-refractivity contribution in [3.05, 3.63) is 22.7 Å². The van der Waals surface area contributed by atoms with Gasteiger partial charge in [-0.2, -0.15) is 13.2 Å². The number of halogens is 4. The molecule has 10 heteroatoms. The second kappa shape index (κ2) is 6.00. The van der Waals surface area contributed by atoms with E-state index in [4.69, 9.17) is 5.73 Å². The molecule has 1 amide bonds. The summed E-state index contributed by atoms with van der Waals surface area (Å²) in [7, 11) is -4.10. The van der Waals surface area contributed by atoms with Gasteiger partial charge in [0.05, 0.1) is 10.6 Å². The minimum atomic E-state index is -4.60. The first kappa shape index (κ1) is 16.8. The van der Waals surface area contributed by atoms with Gasteiger partial charge in [-0.25, -0.2) is 8.42 Å². The highest BCUT2D eigenvalue weighted by Crippen LogP contribution is 2.23. The van der Waals surface area contributed by atoms with Gasteiger partial charge in [0.2, 0.25) is 5.91 Å². The van der Waals surface area contributed by atoms with Crippen molar-refractivity contribution in [3.8, 4) is 0 Å². The first-order chi connectivity index (χ1) is 9.01. The van der Waals surface area contributed by atoms with Crippen LogP contribution in [0.4, 0.5) is 18.9 Å². The average molecular weight is 375 g/mol. The van der Waals surface area contributed by atoms with Crippen molar-refractivity contribution >= 4 is 37.4 Å². The quantitative estimate of drug-likeness (QED) is 0.781. The SMILES string of the molecule is Nc1cc(Br)ccc1S(=O)(=O)CC(=O)NCC(F)(F)F. The molecule has 0 aliphatic carbocycles. The average Bonchev–Trinajstić information content (AvgIpc) is 2.24. The number of nitrogen functional groups attached to an aromatic ring is 1. The lowest BCUT2D eigenvalue weighted by Crippen LogP contribution is -2.37. The summed E-state index contributed by atoms with van der Waals surface area (Å²) in [6, 6.07) is 3.89. The second-order valence-electron chi connectivity index (χ2n) is 3.83. The van der Waals surface area contributed by atoms with Crippen molar-refractivity contribution < 1.29 is 26.4 Å². The van der Waals surface area contributed by atoms with Crippen LogP contribution in [0.2, 0.25) is 0 Å². The Morgan fingerprint density at radius 1 is 1.35 bits per heavy atom. The molecule has 1 aromatic rings. The number of carbonyl (C=O) groups is 1. The number of alkyl halides is 3. The maximum Gasteiger partial charge on any atom is 0.405 e. The van der Waals surface area contributed by atoms with Gasteiger partial charge in [0.15, 0.2) is 9.84 Å². The summed E-state index contributed by atoms with van der Waals surface area (Å²) < 4.78 is 59.9. The first-order valence-corrected chi connectivity index (χ1v) is 7.57. The molecule has 0 fully saturated rings. The molecule has 0 aliphatic rings. The number of hydrogen-bond acceptors (Lipinski definition) is 4. The van der Waals surface area contributed by atoms with Crippen molar-refractivity contribution in [1.82, 2.24) is 5.32 Å². The third-order valence-electron chi connectivity index (χ3n) is 2.11. The summed E-state index contributed by atoms with van der Waals surface area (Å²) in [4.78, 5) is 10.9. The number of rotatable bonds is 4. The van der Waals surface area contributed by atoms with Crippen molar-refractivity contribution in [3.63, 3.8) is 0 Å². The lowest BCUT2D eigenvalue weighted by Gasteiger charge is -2.10. The van der Waals surface area contributed by atoms with E-state index in [1.807, 2.05) is 0 Å². The van der Waals surface area contributed by atoms with Gasteiger partial charge in [0, 0.05) is 4.47 Å². The van der Waals surface area contributed by atoms with Crippen LogP contribution in [0.15, 0.2) is 27.6 Å². The van der Waals surface area contributed by atoms with Crippen molar-refractivity contribution in [1.29, 1.82) is 0 Å². The number of carbonyl (C=O) groups excluding carboxylic acids is 1. The number of amides is 1. The Balaban J connectivity index is 2.82. The van der Waals surface area contributed by atoms with Crippen LogP contribution in [0.1, 0.15) is 0 Å². The lowest BCUT2D eigenvalue weighted by atomic mass is 10.3. The van der Waals surface area contributed by atoms with Crippen LogP contribution in [0.25, 0.3) is 0 Å². The predicted octanol–water partition coefficient (Wildman–Crippen LogP) is 1.48. The van der Waals surface area contributed by atoms with Gasteiger partial charge in [-0.15, -0.1) is 0 Å². The maximum atomic E-state index is 11.9. The molecule has 5 nitrogen and oxygen atoms in total. The Hall–Kier alpha value is -1.29. The largest absolute Gasteiger partial charge is 0.405 e. The highest BCUT2D eigenvalue weighted by atomic mass is 79.9. The van der Waals surface area contributed by atoms with Crippen LogP contribution in [0.5, 0.6) is 0 Å². The van der Waals surface area contributed by atoms with E-state index < -0.39 is 34.2 Å². The van der Waals surface area contributed by atoms with Crippen LogP contribution in [0.3, 0.4) is 0 Å². The topological polar surface area (TPSA) is 89.3 Å². The van der Waals surface area contributed by atoms with Crippen LogP contribution < -0.4 is 11.1 Å². The van der Waals surface area contributed by atoms with E-state index in [-0.39, 0.29) is 10.6 Å². The molecule has 3 N–H and O–H groups in total. The minimum absolute atomic E-state index is 0.0944. The highest BCUT2D eigenvalue weighted by Gasteiger charge is 2.29. The van der Waals surface area contributed by atoms with Crippen molar-refractivity contribution in [2.24, 2.45) is 0 Å². The second-order valence-corrected chi connectivity index (χ2v) is 6.71. The molecule has 1 aromatic carbocycles. The number of nitrogens with one attached hydrogen (secondary N) is 1. The Bertz CT molecular complexity index is 617. The smallest absolute Gasteiger partial charge is 0.398 e. The summed E-state index contributed by atoms with van der Waals surface area (Å²) in [5.41, 5.74) is 5.41. The van der Waals surface area contributed by atoms with E-state index in [9.17, 15) is 26.4 Å². The molecule has 20 heavy (non-hydrogen) atoms. The molecule has 1 rings (SSSR count). The monoisotopic (exact) mass is 374 g/mol. The van der Waals surface area contributed by atoms with E-state index in [0.717, 1.165) is 0 Å². The standard InChI is InChI=1S/C10H10BrF3N2O3S/c11-6-1-2-8(7(15)3-6)20(18,19)4-9(17)16-5-10(12,13)14/h1-3H,4-5,15H2,(H,16,17). The number of anilines is 1. The molecule has 0 atom stereocenters. The fourth-order valence-corrected chi connectivity index (χ4v) is 2.98. The molecule has 0 aromatic heterocycles. The predicted molar refractivity (Wildman–Crippen MR) is 69.7 cm³/mol. The van der Waals surface area contributed by atoms with E-state index in [0.29, 0.717) is 4.47 Å². The van der Waals surface area contributed by atoms with Gasteiger partial charge in [0.1, 0.15) is 12.3 Å². The van der Waals surface area contributed by atoms with E-state index >= 15 is 0 Å². The highest BCUT2D eigenvalue weighted by molar-refractivity contribution is 9.10. The van der Waals surface area contributed by atoms with Crippen LogP contribution in [-0.4, -0.2) is 32.8 Å². The number of sulfone groups is 1. The summed E-state index contributed by atoms with van der Waals surface area (Å²) in [6.45, 7) is -1.59. The van der Waals surface area contributed by atoms with Gasteiger partial charge >= 0.3 is 6.18 Å². The van der Waals surface area contributed by atoms with Crippen LogP contribution in [-0.2, 0) is 14.6 Å². The third kappa shape index (κ3) is 5.00. The molecular formula is C10H10BrF3N2O3S. The molecule has 0 spiro atoms. The Kier molecular flexibility index (Phi) is 5.03. The van der Waals surface area contributed by atoms with E-state index in [2.05, 4.69) is 15.9 Å². The zero-order valence-electron chi connectivity index (χ0n) is 9.87.